The molecule has 20 nitrogen and oxygen atoms in total. The fourth-order valence-electron chi connectivity index (χ4n) is 2.13. The summed E-state index contributed by atoms with van der Waals surface area (Å²) in [5.41, 5.74) is 6.72. The Hall–Kier alpha value is -0.960. The highest BCUT2D eigenvalue weighted by Crippen LogP contribution is 2.36. The number of phosphoric acid groups is 3. The number of anilines is 1. The number of fused-ring (bicyclic) bond motifs is 1. The van der Waals surface area contributed by atoms with E-state index in [1.165, 1.54) is 12.7 Å². The van der Waals surface area contributed by atoms with Crippen LogP contribution in [0.15, 0.2) is 12.7 Å². The van der Waals surface area contributed by atoms with Crippen molar-refractivity contribution >= 4 is 56.4 Å². The number of imidazole rings is 1. The topological polar surface area (TPSA) is 353 Å². The number of rotatable bonds is 2. The van der Waals surface area contributed by atoms with Crippen molar-refractivity contribution in [1.82, 2.24) is 19.5 Å². The van der Waals surface area contributed by atoms with Gasteiger partial charge in [0.2, 0.25) is 0 Å². The minimum Gasteiger partial charge on any atom is -0.394 e. The number of hydrogen-bond acceptors (Lipinski definition) is 10. The van der Waals surface area contributed by atoms with E-state index in [0.717, 1.165) is 0 Å². The predicted molar refractivity (Wildman–Crippen MR) is 112 cm³/mol. The molecule has 198 valence electrons. The molecule has 3 heterocycles. The summed E-state index contributed by atoms with van der Waals surface area (Å²) < 4.78 is 33.9. The van der Waals surface area contributed by atoms with Gasteiger partial charge in [-0.25, -0.2) is 28.6 Å². The molecule has 3 rings (SSSR count). The average molecular weight is 624 g/mol. The molecule has 2 aromatic heterocycles. The summed E-state index contributed by atoms with van der Waals surface area (Å²) in [7, 11) is -13.9. The van der Waals surface area contributed by atoms with Crippen molar-refractivity contribution in [3.8, 4) is 0 Å². The summed E-state index contributed by atoms with van der Waals surface area (Å²) >= 11 is 3.37. The van der Waals surface area contributed by atoms with E-state index in [4.69, 9.17) is 73.3 Å². The van der Waals surface area contributed by atoms with Crippen molar-refractivity contribution < 1.29 is 72.7 Å². The Balaban J connectivity index is 0.000000599. The maximum atomic E-state index is 9.93. The van der Waals surface area contributed by atoms with Gasteiger partial charge in [0.05, 0.1) is 23.9 Å². The van der Waals surface area contributed by atoms with Gasteiger partial charge >= 0.3 is 23.5 Å². The second kappa shape index (κ2) is 13.4. The molecule has 34 heavy (non-hydrogen) atoms. The molecule has 13 N–H and O–H groups in total. The lowest BCUT2D eigenvalue weighted by atomic mass is 10.2. The Morgan fingerprint density at radius 1 is 0.941 bits per heavy atom. The Morgan fingerprint density at radius 3 is 1.76 bits per heavy atom. The smallest absolute Gasteiger partial charge is 0.394 e. The molecule has 1 aliphatic rings. The van der Waals surface area contributed by atoms with Gasteiger partial charge in [-0.2, -0.15) is 0 Å². The molecule has 0 unspecified atom stereocenters. The lowest BCUT2D eigenvalue weighted by Crippen LogP contribution is -2.29. The number of aliphatic hydroxyl groups is 2. The lowest BCUT2D eigenvalue weighted by molar-refractivity contribution is -0.0430. The summed E-state index contributed by atoms with van der Waals surface area (Å²) in [6, 6.07) is 0. The van der Waals surface area contributed by atoms with E-state index in [2.05, 4.69) is 30.9 Å². The predicted octanol–water partition coefficient (Wildman–Crippen LogP) is -3.36. The van der Waals surface area contributed by atoms with Gasteiger partial charge in [0, 0.05) is 0 Å². The van der Waals surface area contributed by atoms with Crippen molar-refractivity contribution in [2.75, 3.05) is 12.3 Å². The second-order valence-electron chi connectivity index (χ2n) is 5.81. The number of nitrogens with zero attached hydrogens (tertiary/aromatic N) is 4. The third kappa shape index (κ3) is 14.4. The number of nitrogen functional groups attached to an aromatic ring is 1. The summed E-state index contributed by atoms with van der Waals surface area (Å²) in [5.74, 6) is 0.284. The molecule has 1 saturated heterocycles. The molecule has 4 atom stereocenters. The van der Waals surface area contributed by atoms with Gasteiger partial charge in [-0.15, -0.1) is 0 Å². The third-order valence-corrected chi connectivity index (χ3v) is 4.13. The van der Waals surface area contributed by atoms with Gasteiger partial charge in [-0.05, 0) is 0 Å². The van der Waals surface area contributed by atoms with E-state index in [9.17, 15) is 5.11 Å². The van der Waals surface area contributed by atoms with Crippen LogP contribution in [-0.4, -0.2) is 97.4 Å². The molecular formula is C10H21BrN5O15P3. The van der Waals surface area contributed by atoms with Gasteiger partial charge < -0.3 is 64.7 Å². The minimum absolute atomic E-state index is 0.260. The number of hydrogen-bond donors (Lipinski definition) is 12. The molecule has 0 bridgehead atoms. The van der Waals surface area contributed by atoms with Crippen LogP contribution in [0.1, 0.15) is 6.23 Å². The molecule has 0 aliphatic carbocycles. The molecule has 2 aromatic rings. The first-order chi connectivity index (χ1) is 15.1. The van der Waals surface area contributed by atoms with Crippen molar-refractivity contribution in [3.05, 3.63) is 12.7 Å². The summed E-state index contributed by atoms with van der Waals surface area (Å²) in [6.07, 6.45) is 0.888. The molecule has 0 spiro atoms. The molecule has 0 radical (unpaired) electrons. The molecule has 0 saturated carbocycles. The molecule has 0 amide bonds. The van der Waals surface area contributed by atoms with Crippen LogP contribution in [0, 0.1) is 0 Å². The van der Waals surface area contributed by atoms with Crippen LogP contribution in [0.5, 0.6) is 0 Å². The van der Waals surface area contributed by atoms with Crippen LogP contribution >= 0.6 is 39.4 Å². The Labute approximate surface area is 197 Å². The van der Waals surface area contributed by atoms with E-state index >= 15 is 0 Å². The van der Waals surface area contributed by atoms with Crippen LogP contribution < -0.4 is 5.73 Å². The summed E-state index contributed by atoms with van der Waals surface area (Å²) in [6.45, 7) is -0.260. The first kappa shape index (κ1) is 33.0. The van der Waals surface area contributed by atoms with Crippen LogP contribution in [0.25, 0.3) is 11.2 Å². The second-order valence-corrected chi connectivity index (χ2v) is 9.94. The zero-order valence-corrected chi connectivity index (χ0v) is 20.6. The quantitative estimate of drug-likeness (QED) is 0.115. The zero-order valence-electron chi connectivity index (χ0n) is 16.3. The highest BCUT2D eigenvalue weighted by molar-refractivity contribution is 9.09. The van der Waals surface area contributed by atoms with Gasteiger partial charge in [0.15, 0.2) is 17.7 Å². The molecule has 1 fully saturated rings. The normalized spacial score (nSPS) is 22.6. The standard InChI is InChI=1S/C10H12BrN5O3.3H3O4P/c11-5-7(18)4(1-17)19-10(5)16-3-15-6-8(12)13-2-14-9(6)16;3*1-5(2,3)4/h2-5,7,10,17-18H,1H2,(H2,12,13,14);3*(H3,1,2,3,4)/t4-,5+,7-,10-;;;/m1.../s1. The SMILES string of the molecule is Nc1ncnc2c1ncn2[C@@H]1O[C@H](CO)[C@@H](O)[C@@H]1Br.O=P(O)(O)O.O=P(O)(O)O.O=P(O)(O)O. The maximum absolute atomic E-state index is 9.93. The first-order valence-corrected chi connectivity index (χ1v) is 13.6. The fraction of sp³-hybridized carbons (Fsp3) is 0.500. The summed E-state index contributed by atoms with van der Waals surface area (Å²) in [4.78, 5) is 76.4. The van der Waals surface area contributed by atoms with E-state index in [0.29, 0.717) is 11.2 Å². The van der Waals surface area contributed by atoms with Gasteiger partial charge in [0.1, 0.15) is 17.9 Å². The maximum Gasteiger partial charge on any atom is 0.466 e. The number of aliphatic hydroxyl groups excluding tert-OH is 2. The Bertz CT molecular complexity index is 982. The van der Waals surface area contributed by atoms with E-state index < -0.39 is 41.9 Å². The summed E-state index contributed by atoms with van der Waals surface area (Å²) in [5, 5.41) is 19.1. The number of nitrogens with two attached hydrogens (primary N) is 1. The Kier molecular flexibility index (Phi) is 13.0. The van der Waals surface area contributed by atoms with Crippen molar-refractivity contribution in [1.29, 1.82) is 0 Å². The Morgan fingerprint density at radius 2 is 1.38 bits per heavy atom. The average Bonchev–Trinajstić information content (AvgIpc) is 3.13. The van der Waals surface area contributed by atoms with Crippen molar-refractivity contribution in [2.24, 2.45) is 0 Å². The van der Waals surface area contributed by atoms with E-state index in [-0.39, 0.29) is 17.3 Å². The molecule has 1 aliphatic heterocycles. The minimum atomic E-state index is -4.64. The number of alkyl halides is 1. The number of aromatic nitrogens is 4. The van der Waals surface area contributed by atoms with Crippen LogP contribution in [0.4, 0.5) is 5.82 Å². The molecular weight excluding hydrogens is 603 g/mol. The number of halogens is 1. The van der Waals surface area contributed by atoms with Crippen LogP contribution in [0.3, 0.4) is 0 Å². The first-order valence-electron chi connectivity index (χ1n) is 7.99. The van der Waals surface area contributed by atoms with Crippen LogP contribution in [-0.2, 0) is 18.4 Å². The molecule has 0 aromatic carbocycles. The largest absolute Gasteiger partial charge is 0.466 e. The highest BCUT2D eigenvalue weighted by Gasteiger charge is 2.43. The van der Waals surface area contributed by atoms with Gasteiger partial charge in [0.25, 0.3) is 0 Å². The zero-order chi connectivity index (χ0) is 27.1. The monoisotopic (exact) mass is 623 g/mol. The van der Waals surface area contributed by atoms with Crippen LogP contribution in [0.2, 0.25) is 0 Å². The van der Waals surface area contributed by atoms with E-state index in [1.54, 1.807) is 4.57 Å². The lowest BCUT2D eigenvalue weighted by Gasteiger charge is -2.16. The van der Waals surface area contributed by atoms with Gasteiger partial charge in [-0.1, -0.05) is 15.9 Å². The van der Waals surface area contributed by atoms with E-state index in [1.807, 2.05) is 0 Å². The number of ether oxygens (including phenoxy) is 1. The van der Waals surface area contributed by atoms with Crippen molar-refractivity contribution in [3.63, 3.8) is 0 Å². The highest BCUT2D eigenvalue weighted by atomic mass is 79.9. The van der Waals surface area contributed by atoms with Crippen molar-refractivity contribution in [2.45, 2.75) is 23.3 Å². The fourth-order valence-corrected chi connectivity index (χ4v) is 2.85. The third-order valence-electron chi connectivity index (χ3n) is 3.13. The molecule has 24 heteroatoms. The van der Waals surface area contributed by atoms with Gasteiger partial charge in [-0.3, -0.25) is 4.57 Å².